The number of rotatable bonds is 8. The van der Waals surface area contributed by atoms with Gasteiger partial charge in [-0.2, -0.15) is 0 Å². The van der Waals surface area contributed by atoms with Crippen LogP contribution in [0.2, 0.25) is 0 Å². The van der Waals surface area contributed by atoms with Crippen LogP contribution in [0.25, 0.3) is 0 Å². The molecule has 4 heteroatoms. The molecule has 0 saturated carbocycles. The largest absolute Gasteiger partial charge is 0.368 e. The molecule has 1 fully saturated rings. The third-order valence-corrected chi connectivity index (χ3v) is 4.23. The first-order valence-electron chi connectivity index (χ1n) is 8.59. The van der Waals surface area contributed by atoms with Gasteiger partial charge in [-0.25, -0.2) is 0 Å². The zero-order valence-electron chi connectivity index (χ0n) is 13.8. The molecule has 22 heavy (non-hydrogen) atoms. The minimum atomic E-state index is 0.288. The van der Waals surface area contributed by atoms with E-state index < -0.39 is 0 Å². The summed E-state index contributed by atoms with van der Waals surface area (Å²) in [4.78, 5) is 16.6. The second kappa shape index (κ2) is 9.46. The van der Waals surface area contributed by atoms with Crippen molar-refractivity contribution in [3.63, 3.8) is 0 Å². The van der Waals surface area contributed by atoms with Gasteiger partial charge in [-0.3, -0.25) is 4.79 Å². The first-order valence-corrected chi connectivity index (χ1v) is 8.59. The molecule has 0 unspecified atom stereocenters. The monoisotopic (exact) mass is 303 g/mol. The van der Waals surface area contributed by atoms with E-state index in [1.54, 1.807) is 0 Å². The summed E-state index contributed by atoms with van der Waals surface area (Å²) in [6.45, 7) is 7.58. The number of benzene rings is 1. The Morgan fingerprint density at radius 1 is 1.05 bits per heavy atom. The number of nitrogens with zero attached hydrogens (tertiary/aromatic N) is 2. The maximum atomic E-state index is 12.2. The SMILES string of the molecule is CCCCCNCCC(=O)N1CCN(c2ccccc2)CC1. The quantitative estimate of drug-likeness (QED) is 0.750. The molecule has 1 aliphatic rings. The number of anilines is 1. The maximum absolute atomic E-state index is 12.2. The lowest BCUT2D eigenvalue weighted by Gasteiger charge is -2.36. The Morgan fingerprint density at radius 3 is 2.45 bits per heavy atom. The van der Waals surface area contributed by atoms with Gasteiger partial charge in [0.05, 0.1) is 0 Å². The van der Waals surface area contributed by atoms with E-state index >= 15 is 0 Å². The van der Waals surface area contributed by atoms with Crippen LogP contribution in [0.3, 0.4) is 0 Å². The van der Waals surface area contributed by atoms with Crippen LogP contribution in [0.15, 0.2) is 30.3 Å². The van der Waals surface area contributed by atoms with Gasteiger partial charge in [0.25, 0.3) is 0 Å². The van der Waals surface area contributed by atoms with Crippen LogP contribution < -0.4 is 10.2 Å². The predicted octanol–water partition coefficient (Wildman–Crippen LogP) is 2.51. The van der Waals surface area contributed by atoms with E-state index in [1.165, 1.54) is 24.9 Å². The van der Waals surface area contributed by atoms with Gasteiger partial charge in [-0.1, -0.05) is 38.0 Å². The Morgan fingerprint density at radius 2 is 1.77 bits per heavy atom. The van der Waals surface area contributed by atoms with E-state index in [4.69, 9.17) is 0 Å². The Labute approximate surface area is 134 Å². The van der Waals surface area contributed by atoms with Crippen LogP contribution in [-0.4, -0.2) is 50.1 Å². The molecule has 1 heterocycles. The molecule has 1 aliphatic heterocycles. The molecule has 1 N–H and O–H groups in total. The lowest BCUT2D eigenvalue weighted by atomic mass is 10.2. The van der Waals surface area contributed by atoms with Crippen molar-refractivity contribution < 1.29 is 4.79 Å². The molecule has 0 bridgehead atoms. The lowest BCUT2D eigenvalue weighted by Crippen LogP contribution is -2.49. The number of piperazine rings is 1. The van der Waals surface area contributed by atoms with Crippen molar-refractivity contribution in [2.75, 3.05) is 44.2 Å². The predicted molar refractivity (Wildman–Crippen MR) is 92.2 cm³/mol. The van der Waals surface area contributed by atoms with Crippen LogP contribution in [0, 0.1) is 0 Å². The molecule has 122 valence electrons. The van der Waals surface area contributed by atoms with Crippen molar-refractivity contribution in [2.24, 2.45) is 0 Å². The number of hydrogen-bond donors (Lipinski definition) is 1. The fourth-order valence-electron chi connectivity index (χ4n) is 2.83. The number of para-hydroxylation sites is 1. The highest BCUT2D eigenvalue weighted by atomic mass is 16.2. The summed E-state index contributed by atoms with van der Waals surface area (Å²) in [6.07, 6.45) is 4.34. The van der Waals surface area contributed by atoms with Crippen molar-refractivity contribution in [1.29, 1.82) is 0 Å². The second-order valence-electron chi connectivity index (χ2n) is 5.91. The van der Waals surface area contributed by atoms with E-state index in [9.17, 15) is 4.79 Å². The molecule has 0 atom stereocenters. The first kappa shape index (κ1) is 16.8. The molecule has 1 aromatic rings. The highest BCUT2D eigenvalue weighted by Gasteiger charge is 2.20. The summed E-state index contributed by atoms with van der Waals surface area (Å²) in [5.74, 6) is 0.288. The highest BCUT2D eigenvalue weighted by Crippen LogP contribution is 2.15. The van der Waals surface area contributed by atoms with Crippen molar-refractivity contribution in [3.05, 3.63) is 30.3 Å². The summed E-state index contributed by atoms with van der Waals surface area (Å²) >= 11 is 0. The van der Waals surface area contributed by atoms with Gasteiger partial charge in [0, 0.05) is 44.8 Å². The van der Waals surface area contributed by atoms with Gasteiger partial charge >= 0.3 is 0 Å². The Hall–Kier alpha value is -1.55. The van der Waals surface area contributed by atoms with E-state index in [2.05, 4.69) is 41.4 Å². The van der Waals surface area contributed by atoms with Crippen LogP contribution in [0.1, 0.15) is 32.6 Å². The second-order valence-corrected chi connectivity index (χ2v) is 5.91. The van der Waals surface area contributed by atoms with Crippen molar-refractivity contribution >= 4 is 11.6 Å². The van der Waals surface area contributed by atoms with Crippen LogP contribution in [-0.2, 0) is 4.79 Å². The van der Waals surface area contributed by atoms with E-state index in [1.807, 2.05) is 11.0 Å². The number of unbranched alkanes of at least 4 members (excludes halogenated alkanes) is 2. The molecule has 0 spiro atoms. The zero-order valence-corrected chi connectivity index (χ0v) is 13.8. The van der Waals surface area contributed by atoms with Crippen LogP contribution in [0.5, 0.6) is 0 Å². The average Bonchev–Trinajstić information content (AvgIpc) is 2.59. The van der Waals surface area contributed by atoms with Gasteiger partial charge in [0.15, 0.2) is 0 Å². The summed E-state index contributed by atoms with van der Waals surface area (Å²) < 4.78 is 0. The van der Waals surface area contributed by atoms with Gasteiger partial charge in [0.1, 0.15) is 0 Å². The minimum Gasteiger partial charge on any atom is -0.368 e. The number of carbonyl (C=O) groups excluding carboxylic acids is 1. The van der Waals surface area contributed by atoms with Gasteiger partial charge < -0.3 is 15.1 Å². The third kappa shape index (κ3) is 5.34. The molecule has 4 nitrogen and oxygen atoms in total. The Kier molecular flexibility index (Phi) is 7.23. The van der Waals surface area contributed by atoms with Crippen LogP contribution in [0.4, 0.5) is 5.69 Å². The highest BCUT2D eigenvalue weighted by molar-refractivity contribution is 5.76. The van der Waals surface area contributed by atoms with E-state index in [0.29, 0.717) is 6.42 Å². The lowest BCUT2D eigenvalue weighted by molar-refractivity contribution is -0.131. The van der Waals surface area contributed by atoms with Gasteiger partial charge in [-0.15, -0.1) is 0 Å². The number of nitrogens with one attached hydrogen (secondary N) is 1. The topological polar surface area (TPSA) is 35.6 Å². The molecule has 0 aliphatic carbocycles. The van der Waals surface area contributed by atoms with E-state index in [-0.39, 0.29) is 5.91 Å². The third-order valence-electron chi connectivity index (χ3n) is 4.23. The smallest absolute Gasteiger partial charge is 0.223 e. The molecule has 1 saturated heterocycles. The number of amides is 1. The molecule has 0 aromatic heterocycles. The molecule has 0 radical (unpaired) electrons. The number of hydrogen-bond acceptors (Lipinski definition) is 3. The zero-order chi connectivity index (χ0) is 15.6. The minimum absolute atomic E-state index is 0.288. The standard InChI is InChI=1S/C18H29N3O/c1-2-3-7-11-19-12-10-18(22)21-15-13-20(14-16-21)17-8-5-4-6-9-17/h4-6,8-9,19H,2-3,7,10-16H2,1H3. The summed E-state index contributed by atoms with van der Waals surface area (Å²) in [5.41, 5.74) is 1.26. The Bertz CT molecular complexity index is 427. The van der Waals surface area contributed by atoms with Crippen molar-refractivity contribution in [2.45, 2.75) is 32.6 Å². The van der Waals surface area contributed by atoms with Crippen molar-refractivity contribution in [1.82, 2.24) is 10.2 Å². The number of carbonyl (C=O) groups is 1. The first-order chi connectivity index (χ1) is 10.8. The van der Waals surface area contributed by atoms with E-state index in [0.717, 1.165) is 39.3 Å². The molecule has 1 amide bonds. The maximum Gasteiger partial charge on any atom is 0.223 e. The summed E-state index contributed by atoms with van der Waals surface area (Å²) in [5, 5.41) is 3.37. The fourth-order valence-corrected chi connectivity index (χ4v) is 2.83. The Balaban J connectivity index is 1.63. The van der Waals surface area contributed by atoms with Gasteiger partial charge in [0.2, 0.25) is 5.91 Å². The van der Waals surface area contributed by atoms with Gasteiger partial charge in [-0.05, 0) is 25.1 Å². The molecular formula is C18H29N3O. The summed E-state index contributed by atoms with van der Waals surface area (Å²) in [6, 6.07) is 10.4. The summed E-state index contributed by atoms with van der Waals surface area (Å²) in [7, 11) is 0. The molecule has 1 aromatic carbocycles. The molecule has 2 rings (SSSR count). The fraction of sp³-hybridized carbons (Fsp3) is 0.611. The van der Waals surface area contributed by atoms with Crippen molar-refractivity contribution in [3.8, 4) is 0 Å². The van der Waals surface area contributed by atoms with Crippen LogP contribution >= 0.6 is 0 Å². The molecular weight excluding hydrogens is 274 g/mol. The average molecular weight is 303 g/mol. The normalized spacial score (nSPS) is 15.1.